The van der Waals surface area contributed by atoms with Crippen molar-refractivity contribution in [3.8, 4) is 0 Å². The van der Waals surface area contributed by atoms with Gasteiger partial charge in [-0.2, -0.15) is 0 Å². The van der Waals surface area contributed by atoms with Crippen molar-refractivity contribution in [2.75, 3.05) is 7.05 Å². The number of benzene rings is 1. The van der Waals surface area contributed by atoms with Crippen LogP contribution in [0, 0.1) is 11.6 Å². The second-order valence-corrected chi connectivity index (χ2v) is 2.81. The Morgan fingerprint density at radius 1 is 1.33 bits per heavy atom. The van der Waals surface area contributed by atoms with Gasteiger partial charge in [0.15, 0.2) is 0 Å². The van der Waals surface area contributed by atoms with E-state index in [9.17, 15) is 13.6 Å². The monoisotopic (exact) mass is 215 g/mol. The number of hydrogen-bond donors (Lipinski definition) is 3. The van der Waals surface area contributed by atoms with Gasteiger partial charge in [0.05, 0.1) is 0 Å². The van der Waals surface area contributed by atoms with Crippen LogP contribution >= 0.6 is 0 Å². The SMILES string of the molecule is CNC(=O)c1c(F)cc(B(O)O)cc1F. The first-order chi connectivity index (χ1) is 6.97. The van der Waals surface area contributed by atoms with Crippen LogP contribution in [0.15, 0.2) is 12.1 Å². The van der Waals surface area contributed by atoms with Crippen molar-refractivity contribution in [3.63, 3.8) is 0 Å². The Morgan fingerprint density at radius 2 is 1.80 bits per heavy atom. The summed E-state index contributed by atoms with van der Waals surface area (Å²) in [5.41, 5.74) is -1.10. The Labute approximate surface area is 84.7 Å². The first-order valence-electron chi connectivity index (χ1n) is 4.04. The molecule has 1 amide bonds. The molecule has 0 bridgehead atoms. The molecular formula is C8H8BF2NO3. The van der Waals surface area contributed by atoms with Crippen LogP contribution in [0.1, 0.15) is 10.4 Å². The van der Waals surface area contributed by atoms with E-state index in [2.05, 4.69) is 5.32 Å². The molecular weight excluding hydrogens is 207 g/mol. The molecule has 15 heavy (non-hydrogen) atoms. The van der Waals surface area contributed by atoms with Crippen molar-refractivity contribution >= 4 is 18.5 Å². The number of amides is 1. The summed E-state index contributed by atoms with van der Waals surface area (Å²) in [6.45, 7) is 0. The van der Waals surface area contributed by atoms with E-state index in [0.717, 1.165) is 0 Å². The molecule has 3 N–H and O–H groups in total. The summed E-state index contributed by atoms with van der Waals surface area (Å²) in [6.07, 6.45) is 0. The van der Waals surface area contributed by atoms with Crippen LogP contribution in [0.3, 0.4) is 0 Å². The van der Waals surface area contributed by atoms with Crippen LogP contribution in [-0.4, -0.2) is 30.1 Å². The average Bonchev–Trinajstić information content (AvgIpc) is 2.16. The van der Waals surface area contributed by atoms with Gasteiger partial charge in [0.1, 0.15) is 17.2 Å². The summed E-state index contributed by atoms with van der Waals surface area (Å²) >= 11 is 0. The van der Waals surface area contributed by atoms with E-state index in [1.54, 1.807) is 0 Å². The van der Waals surface area contributed by atoms with Gasteiger partial charge in [0.2, 0.25) is 0 Å². The molecule has 4 nitrogen and oxygen atoms in total. The first kappa shape index (κ1) is 11.6. The summed E-state index contributed by atoms with van der Waals surface area (Å²) in [7, 11) is -0.747. The van der Waals surface area contributed by atoms with Gasteiger partial charge in [-0.25, -0.2) is 8.78 Å². The van der Waals surface area contributed by atoms with Crippen molar-refractivity contribution in [3.05, 3.63) is 29.3 Å². The van der Waals surface area contributed by atoms with Crippen LogP contribution in [-0.2, 0) is 0 Å². The van der Waals surface area contributed by atoms with Crippen molar-refractivity contribution in [1.82, 2.24) is 5.32 Å². The molecule has 0 aliphatic rings. The molecule has 7 heteroatoms. The Kier molecular flexibility index (Phi) is 3.38. The van der Waals surface area contributed by atoms with Crippen LogP contribution in [0.4, 0.5) is 8.78 Å². The van der Waals surface area contributed by atoms with Crippen molar-refractivity contribution < 1.29 is 23.6 Å². The van der Waals surface area contributed by atoms with Crippen LogP contribution < -0.4 is 10.8 Å². The fourth-order valence-corrected chi connectivity index (χ4v) is 1.08. The first-order valence-corrected chi connectivity index (χ1v) is 4.04. The molecule has 1 aromatic rings. The van der Waals surface area contributed by atoms with Gasteiger partial charge in [-0.3, -0.25) is 4.79 Å². The minimum Gasteiger partial charge on any atom is -0.423 e. The van der Waals surface area contributed by atoms with Gasteiger partial charge < -0.3 is 15.4 Å². The Balaban J connectivity index is 3.27. The second kappa shape index (κ2) is 4.37. The molecule has 0 heterocycles. The van der Waals surface area contributed by atoms with Crippen LogP contribution in [0.25, 0.3) is 0 Å². The topological polar surface area (TPSA) is 69.6 Å². The molecule has 0 unspecified atom stereocenters. The highest BCUT2D eigenvalue weighted by atomic mass is 19.1. The highest BCUT2D eigenvalue weighted by Gasteiger charge is 2.21. The Bertz CT molecular complexity index is 374. The minimum atomic E-state index is -1.98. The molecule has 0 aliphatic carbocycles. The molecule has 0 saturated heterocycles. The normalized spacial score (nSPS) is 9.93. The van der Waals surface area contributed by atoms with E-state index < -0.39 is 30.2 Å². The third-order valence-electron chi connectivity index (χ3n) is 1.82. The highest BCUT2D eigenvalue weighted by molar-refractivity contribution is 6.58. The number of hydrogen-bond acceptors (Lipinski definition) is 3. The summed E-state index contributed by atoms with van der Waals surface area (Å²) < 4.78 is 26.4. The number of carbonyl (C=O) groups is 1. The lowest BCUT2D eigenvalue weighted by molar-refractivity contribution is 0.0954. The molecule has 0 saturated carbocycles. The lowest BCUT2D eigenvalue weighted by Gasteiger charge is -2.06. The molecule has 1 aromatic carbocycles. The maximum atomic E-state index is 13.2. The van der Waals surface area contributed by atoms with Gasteiger partial charge in [-0.1, -0.05) is 0 Å². The Morgan fingerprint density at radius 3 is 2.13 bits per heavy atom. The van der Waals surface area contributed by atoms with Crippen LogP contribution in [0.2, 0.25) is 0 Å². The van der Waals surface area contributed by atoms with E-state index in [1.165, 1.54) is 7.05 Å². The maximum Gasteiger partial charge on any atom is 0.488 e. The third-order valence-corrected chi connectivity index (χ3v) is 1.82. The lowest BCUT2D eigenvalue weighted by Crippen LogP contribution is -2.32. The fourth-order valence-electron chi connectivity index (χ4n) is 1.08. The smallest absolute Gasteiger partial charge is 0.423 e. The van der Waals surface area contributed by atoms with E-state index in [0.29, 0.717) is 12.1 Å². The molecule has 0 fully saturated rings. The van der Waals surface area contributed by atoms with Gasteiger partial charge in [0, 0.05) is 7.05 Å². The average molecular weight is 215 g/mol. The predicted octanol–water partition coefficient (Wildman–Crippen LogP) is -0.996. The zero-order chi connectivity index (χ0) is 11.6. The minimum absolute atomic E-state index is 0.349. The molecule has 0 aliphatic heterocycles. The fraction of sp³-hybridized carbons (Fsp3) is 0.125. The van der Waals surface area contributed by atoms with Gasteiger partial charge in [-0.05, 0) is 17.6 Å². The van der Waals surface area contributed by atoms with E-state index >= 15 is 0 Å². The molecule has 0 radical (unpaired) electrons. The van der Waals surface area contributed by atoms with E-state index in [-0.39, 0.29) is 5.46 Å². The number of halogens is 2. The largest absolute Gasteiger partial charge is 0.488 e. The Hall–Kier alpha value is -1.47. The number of rotatable bonds is 2. The van der Waals surface area contributed by atoms with Crippen molar-refractivity contribution in [2.45, 2.75) is 0 Å². The van der Waals surface area contributed by atoms with E-state index in [1.807, 2.05) is 0 Å². The van der Waals surface area contributed by atoms with E-state index in [4.69, 9.17) is 10.0 Å². The summed E-state index contributed by atoms with van der Waals surface area (Å²) in [6, 6.07) is 1.39. The van der Waals surface area contributed by atoms with Crippen molar-refractivity contribution in [2.24, 2.45) is 0 Å². The molecule has 0 atom stereocenters. The maximum absolute atomic E-state index is 13.2. The number of nitrogens with one attached hydrogen (secondary N) is 1. The molecule has 0 spiro atoms. The highest BCUT2D eigenvalue weighted by Crippen LogP contribution is 2.10. The molecule has 1 rings (SSSR count). The molecule has 80 valence electrons. The molecule has 0 aromatic heterocycles. The summed E-state index contributed by atoms with van der Waals surface area (Å²) in [4.78, 5) is 11.0. The third kappa shape index (κ3) is 2.31. The summed E-state index contributed by atoms with van der Waals surface area (Å²) in [5, 5.41) is 19.4. The standard InChI is InChI=1S/C8H8BF2NO3/c1-12-8(13)7-5(10)2-4(9(14)15)3-6(7)11/h2-3,14-15H,1H3,(H,12,13). The zero-order valence-electron chi connectivity index (χ0n) is 7.79. The predicted molar refractivity (Wildman–Crippen MR) is 49.6 cm³/mol. The summed E-state index contributed by atoms with van der Waals surface area (Å²) in [5.74, 6) is -3.20. The van der Waals surface area contributed by atoms with Gasteiger partial charge in [0.25, 0.3) is 5.91 Å². The zero-order valence-corrected chi connectivity index (χ0v) is 7.79. The lowest BCUT2D eigenvalue weighted by atomic mass is 9.79. The van der Waals surface area contributed by atoms with Gasteiger partial charge >= 0.3 is 7.12 Å². The van der Waals surface area contributed by atoms with Crippen molar-refractivity contribution in [1.29, 1.82) is 0 Å². The number of carbonyl (C=O) groups excluding carboxylic acids is 1. The second-order valence-electron chi connectivity index (χ2n) is 2.81. The van der Waals surface area contributed by atoms with Crippen LogP contribution in [0.5, 0.6) is 0 Å². The van der Waals surface area contributed by atoms with Gasteiger partial charge in [-0.15, -0.1) is 0 Å². The quantitative estimate of drug-likeness (QED) is 0.554.